The van der Waals surface area contributed by atoms with Gasteiger partial charge in [0, 0.05) is 23.7 Å². The zero-order valence-corrected chi connectivity index (χ0v) is 13.7. The number of hydrogen-bond acceptors (Lipinski definition) is 5. The molecule has 0 spiro atoms. The molecule has 0 bridgehead atoms. The average Bonchev–Trinajstić information content (AvgIpc) is 3.01. The quantitative estimate of drug-likeness (QED) is 0.775. The van der Waals surface area contributed by atoms with E-state index in [0.29, 0.717) is 12.0 Å². The van der Waals surface area contributed by atoms with Gasteiger partial charge < -0.3 is 10.4 Å². The lowest BCUT2D eigenvalue weighted by atomic mass is 9.84. The van der Waals surface area contributed by atoms with Crippen LogP contribution in [-0.2, 0) is 0 Å². The van der Waals surface area contributed by atoms with Gasteiger partial charge in [0.2, 0.25) is 5.95 Å². The predicted octanol–water partition coefficient (Wildman–Crippen LogP) is 2.92. The van der Waals surface area contributed by atoms with E-state index in [1.807, 2.05) is 48.1 Å². The van der Waals surface area contributed by atoms with Crippen molar-refractivity contribution in [2.45, 2.75) is 44.2 Å². The Morgan fingerprint density at radius 3 is 2.83 bits per heavy atom. The van der Waals surface area contributed by atoms with Gasteiger partial charge in [0.25, 0.3) is 0 Å². The molecule has 24 heavy (non-hydrogen) atoms. The van der Waals surface area contributed by atoms with Crippen LogP contribution in [0.3, 0.4) is 0 Å². The first kappa shape index (κ1) is 15.1. The van der Waals surface area contributed by atoms with E-state index in [4.69, 9.17) is 0 Å². The summed E-state index contributed by atoms with van der Waals surface area (Å²) >= 11 is 0. The molecule has 1 aromatic carbocycles. The van der Waals surface area contributed by atoms with Crippen LogP contribution in [-0.4, -0.2) is 36.5 Å². The zero-order chi connectivity index (χ0) is 16.6. The second kappa shape index (κ2) is 5.87. The first-order chi connectivity index (χ1) is 11.6. The maximum atomic E-state index is 10.1. The summed E-state index contributed by atoms with van der Waals surface area (Å²) in [4.78, 5) is 8.95. The van der Waals surface area contributed by atoms with Gasteiger partial charge in [0.15, 0.2) is 5.82 Å². The van der Waals surface area contributed by atoms with Crippen LogP contribution in [0.4, 0.5) is 5.95 Å². The van der Waals surface area contributed by atoms with Crippen molar-refractivity contribution >= 4 is 16.9 Å². The molecule has 0 unspecified atom stereocenters. The molecule has 1 aliphatic carbocycles. The standard InChI is InChI=1S/C18H21N5O/c1-18(24)9-6-14(7-10-18)21-17-19-11-8-16(22-17)23-15-5-3-2-4-13(15)12-20-23/h2-5,8,11-12,14,24H,6-7,9-10H2,1H3,(H,19,21,22)/t14-,18-. The fourth-order valence-corrected chi connectivity index (χ4v) is 3.26. The van der Waals surface area contributed by atoms with Crippen molar-refractivity contribution in [2.24, 2.45) is 0 Å². The molecular formula is C18H21N5O. The van der Waals surface area contributed by atoms with Crippen LogP contribution in [0.5, 0.6) is 0 Å². The van der Waals surface area contributed by atoms with E-state index in [9.17, 15) is 5.11 Å². The van der Waals surface area contributed by atoms with Crippen LogP contribution in [0.15, 0.2) is 42.7 Å². The second-order valence-corrected chi connectivity index (χ2v) is 6.77. The number of aromatic nitrogens is 4. The Labute approximate surface area is 140 Å². The van der Waals surface area contributed by atoms with Crippen LogP contribution in [0.2, 0.25) is 0 Å². The summed E-state index contributed by atoms with van der Waals surface area (Å²) in [6.07, 6.45) is 7.03. The second-order valence-electron chi connectivity index (χ2n) is 6.77. The van der Waals surface area contributed by atoms with Gasteiger partial charge in [-0.3, -0.25) is 0 Å². The van der Waals surface area contributed by atoms with E-state index < -0.39 is 5.60 Å². The molecule has 124 valence electrons. The Kier molecular flexibility index (Phi) is 3.69. The van der Waals surface area contributed by atoms with Crippen LogP contribution in [0.1, 0.15) is 32.6 Å². The SMILES string of the molecule is C[C@]1(O)CC[C@H](Nc2nccc(-n3ncc4ccccc43)n2)CC1. The van der Waals surface area contributed by atoms with E-state index in [2.05, 4.69) is 20.4 Å². The van der Waals surface area contributed by atoms with Crippen molar-refractivity contribution < 1.29 is 5.11 Å². The lowest BCUT2D eigenvalue weighted by Gasteiger charge is -2.33. The number of nitrogens with one attached hydrogen (secondary N) is 1. The number of hydrogen-bond donors (Lipinski definition) is 2. The minimum absolute atomic E-state index is 0.301. The van der Waals surface area contributed by atoms with E-state index >= 15 is 0 Å². The summed E-state index contributed by atoms with van der Waals surface area (Å²) in [5, 5.41) is 19.0. The van der Waals surface area contributed by atoms with Crippen LogP contribution >= 0.6 is 0 Å². The van der Waals surface area contributed by atoms with Crippen LogP contribution in [0, 0.1) is 0 Å². The molecule has 1 fully saturated rings. The molecule has 0 radical (unpaired) electrons. The highest BCUT2D eigenvalue weighted by atomic mass is 16.3. The van der Waals surface area contributed by atoms with Gasteiger partial charge in [0.05, 0.1) is 17.3 Å². The Morgan fingerprint density at radius 2 is 2.00 bits per heavy atom. The smallest absolute Gasteiger partial charge is 0.224 e. The monoisotopic (exact) mass is 323 g/mol. The Bertz CT molecular complexity index is 847. The molecule has 3 aromatic rings. The van der Waals surface area contributed by atoms with E-state index in [1.54, 1.807) is 6.20 Å². The van der Waals surface area contributed by atoms with Crippen LogP contribution in [0.25, 0.3) is 16.7 Å². The Hall–Kier alpha value is -2.47. The number of benzene rings is 1. The Morgan fingerprint density at radius 1 is 1.21 bits per heavy atom. The third-order valence-electron chi connectivity index (χ3n) is 4.73. The molecule has 2 heterocycles. The minimum atomic E-state index is -0.533. The summed E-state index contributed by atoms with van der Waals surface area (Å²) in [6.45, 7) is 1.91. The van der Waals surface area contributed by atoms with Crippen molar-refractivity contribution in [3.63, 3.8) is 0 Å². The van der Waals surface area contributed by atoms with Crippen molar-refractivity contribution in [1.82, 2.24) is 19.7 Å². The first-order valence-electron chi connectivity index (χ1n) is 8.36. The van der Waals surface area contributed by atoms with Crippen molar-refractivity contribution in [1.29, 1.82) is 0 Å². The van der Waals surface area contributed by atoms with Crippen LogP contribution < -0.4 is 5.32 Å². The highest BCUT2D eigenvalue weighted by Crippen LogP contribution is 2.29. The molecule has 0 saturated heterocycles. The van der Waals surface area contributed by atoms with E-state index in [-0.39, 0.29) is 0 Å². The fraction of sp³-hybridized carbons (Fsp3) is 0.389. The highest BCUT2D eigenvalue weighted by Gasteiger charge is 2.28. The van der Waals surface area contributed by atoms with E-state index in [0.717, 1.165) is 42.4 Å². The number of fused-ring (bicyclic) bond motifs is 1. The molecule has 0 atom stereocenters. The van der Waals surface area contributed by atoms with Gasteiger partial charge in [-0.25, -0.2) is 9.67 Å². The van der Waals surface area contributed by atoms with Gasteiger partial charge in [-0.2, -0.15) is 10.1 Å². The molecule has 2 aromatic heterocycles. The summed E-state index contributed by atoms with van der Waals surface area (Å²) < 4.78 is 1.83. The Balaban J connectivity index is 1.56. The number of para-hydroxylation sites is 1. The van der Waals surface area contributed by atoms with Gasteiger partial charge in [-0.1, -0.05) is 18.2 Å². The topological polar surface area (TPSA) is 75.9 Å². The number of aliphatic hydroxyl groups is 1. The molecule has 1 saturated carbocycles. The zero-order valence-electron chi connectivity index (χ0n) is 13.7. The maximum absolute atomic E-state index is 10.1. The molecule has 0 aliphatic heterocycles. The summed E-state index contributed by atoms with van der Waals surface area (Å²) in [5.41, 5.74) is 0.491. The normalized spacial score (nSPS) is 24.2. The lowest BCUT2D eigenvalue weighted by molar-refractivity contribution is 0.0195. The van der Waals surface area contributed by atoms with Crippen molar-refractivity contribution in [3.8, 4) is 5.82 Å². The molecule has 4 rings (SSSR count). The highest BCUT2D eigenvalue weighted by molar-refractivity contribution is 5.79. The fourth-order valence-electron chi connectivity index (χ4n) is 3.26. The molecule has 2 N–H and O–H groups in total. The molecule has 6 heteroatoms. The minimum Gasteiger partial charge on any atom is -0.390 e. The summed E-state index contributed by atoms with van der Waals surface area (Å²) in [6, 6.07) is 10.2. The largest absolute Gasteiger partial charge is 0.390 e. The maximum Gasteiger partial charge on any atom is 0.224 e. The van der Waals surface area contributed by atoms with Gasteiger partial charge in [-0.15, -0.1) is 0 Å². The van der Waals surface area contributed by atoms with Gasteiger partial charge in [-0.05, 0) is 38.7 Å². The molecule has 0 amide bonds. The number of rotatable bonds is 3. The lowest BCUT2D eigenvalue weighted by Crippen LogP contribution is -2.36. The van der Waals surface area contributed by atoms with Gasteiger partial charge in [0.1, 0.15) is 0 Å². The van der Waals surface area contributed by atoms with E-state index in [1.165, 1.54) is 0 Å². The summed E-state index contributed by atoms with van der Waals surface area (Å²) in [5.74, 6) is 1.36. The predicted molar refractivity (Wildman–Crippen MR) is 93.2 cm³/mol. The number of anilines is 1. The van der Waals surface area contributed by atoms with Crippen molar-refractivity contribution in [3.05, 3.63) is 42.7 Å². The molecule has 1 aliphatic rings. The van der Waals surface area contributed by atoms with Crippen molar-refractivity contribution in [2.75, 3.05) is 5.32 Å². The van der Waals surface area contributed by atoms with Gasteiger partial charge >= 0.3 is 0 Å². The third kappa shape index (κ3) is 2.97. The first-order valence-corrected chi connectivity index (χ1v) is 8.36. The third-order valence-corrected chi connectivity index (χ3v) is 4.73. The summed E-state index contributed by atoms with van der Waals surface area (Å²) in [7, 11) is 0. The molecular weight excluding hydrogens is 302 g/mol. The molecule has 6 nitrogen and oxygen atoms in total. The average molecular weight is 323 g/mol. The number of nitrogens with zero attached hydrogens (tertiary/aromatic N) is 4.